The molecule has 2 saturated carbocycles. The Balaban J connectivity index is 0.977. The van der Waals surface area contributed by atoms with Gasteiger partial charge in [0.2, 0.25) is 0 Å². The van der Waals surface area contributed by atoms with Crippen LogP contribution in [0.2, 0.25) is 0 Å². The molecule has 0 atom stereocenters. The number of anilines is 5. The van der Waals surface area contributed by atoms with E-state index in [1.807, 2.05) is 0 Å². The van der Waals surface area contributed by atoms with Crippen LogP contribution in [0.1, 0.15) is 100 Å². The normalized spacial score (nSPS) is 16.3. The average Bonchev–Trinajstić information content (AvgIpc) is 4.00. The second-order valence-corrected chi connectivity index (χ2v) is 19.8. The second-order valence-electron chi connectivity index (χ2n) is 19.8. The molecular weight excluding hydrogens is 829 g/mol. The minimum atomic E-state index is 0.538. The maximum Gasteiger partial charge on any atom is 0.159 e. The van der Waals surface area contributed by atoms with E-state index in [-0.39, 0.29) is 0 Å². The van der Waals surface area contributed by atoms with Crippen molar-refractivity contribution in [1.29, 1.82) is 0 Å². The summed E-state index contributed by atoms with van der Waals surface area (Å²) in [5.41, 5.74) is 13.4. The Morgan fingerprint density at radius 3 is 1.38 bits per heavy atom. The number of allylic oxidation sites excluding steroid dienone is 3. The molecule has 4 nitrogen and oxygen atoms in total. The molecule has 2 fully saturated rings. The Labute approximate surface area is 397 Å². The van der Waals surface area contributed by atoms with Crippen molar-refractivity contribution in [1.82, 2.24) is 0 Å². The van der Waals surface area contributed by atoms with E-state index in [1.54, 1.807) is 0 Å². The van der Waals surface area contributed by atoms with Crippen molar-refractivity contribution in [3.63, 3.8) is 0 Å². The zero-order valence-electron chi connectivity index (χ0n) is 38.5. The molecule has 14 rings (SSSR count). The van der Waals surface area contributed by atoms with E-state index >= 15 is 0 Å². The summed E-state index contributed by atoms with van der Waals surface area (Å²) in [5, 5.41) is 12.2. The molecule has 0 unspecified atom stereocenters. The highest BCUT2D eigenvalue weighted by atomic mass is 16.3. The third-order valence-corrected chi connectivity index (χ3v) is 16.0. The predicted molar refractivity (Wildman–Crippen MR) is 286 cm³/mol. The van der Waals surface area contributed by atoms with Crippen molar-refractivity contribution in [2.75, 3.05) is 9.80 Å². The Morgan fingerprint density at radius 2 is 0.853 bits per heavy atom. The molecule has 0 bridgehead atoms. The maximum absolute atomic E-state index is 7.19. The highest BCUT2D eigenvalue weighted by Gasteiger charge is 2.28. The van der Waals surface area contributed by atoms with Crippen LogP contribution in [0.4, 0.5) is 28.4 Å². The molecular formula is C64H54N2O2. The standard InChI is InChI=1S/C64H54N2O2/c1-5-17-41(18-6-1)47-25-13-27-49-51-29-15-31-57(63(51)67-61(47)49)65(45-21-9-3-10-22-45)55-39-35-43-34-38-54-56(40-36-44-33-37-53(55)59(43)60(44)54)66(46-23-11-4-12-24-46)58-32-16-30-52-50-28-14-26-48(62(50)68-64(52)58)42-19-7-2-8-20-42/h3,9-11,13-16,21-42H,1-2,4-8,12,17-20H2. The first-order valence-electron chi connectivity index (χ1n) is 25.4. The third-order valence-electron chi connectivity index (χ3n) is 16.0. The lowest BCUT2D eigenvalue weighted by Gasteiger charge is -2.30. The van der Waals surface area contributed by atoms with Gasteiger partial charge >= 0.3 is 0 Å². The van der Waals surface area contributed by atoms with Crippen LogP contribution in [0.5, 0.6) is 0 Å². The predicted octanol–water partition coefficient (Wildman–Crippen LogP) is 19.3. The number of benzene rings is 9. The Kier molecular flexibility index (Phi) is 9.49. The quantitative estimate of drug-likeness (QED) is 0.142. The lowest BCUT2D eigenvalue weighted by molar-refractivity contribution is 0.442. The van der Waals surface area contributed by atoms with Gasteiger partial charge in [-0.1, -0.05) is 166 Å². The summed E-state index contributed by atoms with van der Waals surface area (Å²) in [6.45, 7) is 0. The van der Waals surface area contributed by atoms with Crippen LogP contribution in [0.25, 0.3) is 76.2 Å². The summed E-state index contributed by atoms with van der Waals surface area (Å²) >= 11 is 0. The van der Waals surface area contributed by atoms with Gasteiger partial charge in [0.15, 0.2) is 11.2 Å². The summed E-state index contributed by atoms with van der Waals surface area (Å²) < 4.78 is 14.4. The van der Waals surface area contributed by atoms with Crippen LogP contribution < -0.4 is 9.80 Å². The minimum absolute atomic E-state index is 0.538. The summed E-state index contributed by atoms with van der Waals surface area (Å²) in [4.78, 5) is 4.92. The molecule has 0 amide bonds. The van der Waals surface area contributed by atoms with Gasteiger partial charge < -0.3 is 18.6 Å². The fraction of sp³-hybridized carbons (Fsp3) is 0.219. The first-order chi connectivity index (χ1) is 33.8. The Hall–Kier alpha value is -7.30. The SMILES string of the molecule is C1=CC(N(c2ccc3ccc4c(N(c5ccccc5)c5cccc6c5oc5c(C7CCCCC7)cccc56)ccc5ccc2c3c54)c2cccc3c2oc2c(C4CCCCC4)cccc23)=CCC1. The fourth-order valence-corrected chi connectivity index (χ4v) is 12.8. The van der Waals surface area contributed by atoms with Gasteiger partial charge in [-0.05, 0) is 126 Å². The van der Waals surface area contributed by atoms with Crippen LogP contribution >= 0.6 is 0 Å². The number of rotatable bonds is 8. The molecule has 0 radical (unpaired) electrons. The van der Waals surface area contributed by atoms with Gasteiger partial charge in [-0.25, -0.2) is 0 Å². The molecule has 68 heavy (non-hydrogen) atoms. The van der Waals surface area contributed by atoms with Crippen molar-refractivity contribution in [3.8, 4) is 0 Å². The van der Waals surface area contributed by atoms with Crippen molar-refractivity contribution in [2.45, 2.75) is 88.9 Å². The second kappa shape index (κ2) is 16.2. The monoisotopic (exact) mass is 882 g/mol. The summed E-state index contributed by atoms with van der Waals surface area (Å²) in [7, 11) is 0. The number of furan rings is 2. The molecule has 2 heterocycles. The van der Waals surface area contributed by atoms with Gasteiger partial charge in [0, 0.05) is 43.7 Å². The number of nitrogens with zero attached hydrogens (tertiary/aromatic N) is 2. The van der Waals surface area contributed by atoms with Crippen LogP contribution in [-0.4, -0.2) is 0 Å². The molecule has 3 aliphatic carbocycles. The third kappa shape index (κ3) is 6.26. The summed E-state index contributed by atoms with van der Waals surface area (Å²) in [6, 6.07) is 56.6. The summed E-state index contributed by atoms with van der Waals surface area (Å²) in [6.07, 6.45) is 21.8. The van der Waals surface area contributed by atoms with Crippen molar-refractivity contribution in [2.24, 2.45) is 0 Å². The number of hydrogen-bond acceptors (Lipinski definition) is 4. The Bertz CT molecular complexity index is 3780. The van der Waals surface area contributed by atoms with Gasteiger partial charge in [0.05, 0.1) is 22.7 Å². The summed E-state index contributed by atoms with van der Waals surface area (Å²) in [5.74, 6) is 1.08. The molecule has 0 spiro atoms. The van der Waals surface area contributed by atoms with Crippen LogP contribution in [0.3, 0.4) is 0 Å². The van der Waals surface area contributed by atoms with E-state index in [0.29, 0.717) is 11.8 Å². The van der Waals surface area contributed by atoms with E-state index in [2.05, 4.69) is 180 Å². The van der Waals surface area contributed by atoms with Crippen molar-refractivity contribution >= 4 is 105 Å². The topological polar surface area (TPSA) is 32.8 Å². The molecule has 3 aliphatic rings. The molecule has 0 aliphatic heterocycles. The van der Waals surface area contributed by atoms with Crippen LogP contribution in [0, 0.1) is 0 Å². The zero-order chi connectivity index (χ0) is 44.7. The fourth-order valence-electron chi connectivity index (χ4n) is 12.8. The Morgan fingerprint density at radius 1 is 0.368 bits per heavy atom. The van der Waals surface area contributed by atoms with Gasteiger partial charge in [0.1, 0.15) is 11.2 Å². The minimum Gasteiger partial charge on any atom is -0.454 e. The number of para-hydroxylation sites is 5. The smallest absolute Gasteiger partial charge is 0.159 e. The van der Waals surface area contributed by atoms with E-state index in [4.69, 9.17) is 8.83 Å². The lowest BCUT2D eigenvalue weighted by atomic mass is 9.83. The highest BCUT2D eigenvalue weighted by Crippen LogP contribution is 2.51. The molecule has 9 aromatic carbocycles. The molecule has 0 N–H and O–H groups in total. The van der Waals surface area contributed by atoms with Gasteiger partial charge in [-0.2, -0.15) is 0 Å². The van der Waals surface area contributed by atoms with Crippen LogP contribution in [0.15, 0.2) is 184 Å². The van der Waals surface area contributed by atoms with E-state index in [1.165, 1.54) is 130 Å². The largest absolute Gasteiger partial charge is 0.454 e. The molecule has 11 aromatic rings. The molecule has 2 aromatic heterocycles. The number of fused-ring (bicyclic) bond motifs is 6. The van der Waals surface area contributed by atoms with Gasteiger partial charge in [-0.15, -0.1) is 0 Å². The van der Waals surface area contributed by atoms with Crippen molar-refractivity contribution in [3.05, 3.63) is 187 Å². The lowest BCUT2D eigenvalue weighted by Crippen LogP contribution is -2.17. The first-order valence-corrected chi connectivity index (χ1v) is 25.4. The van der Waals surface area contributed by atoms with Gasteiger partial charge in [0.25, 0.3) is 0 Å². The molecule has 4 heteroatoms. The van der Waals surface area contributed by atoms with Crippen LogP contribution in [-0.2, 0) is 0 Å². The van der Waals surface area contributed by atoms with E-state index < -0.39 is 0 Å². The van der Waals surface area contributed by atoms with E-state index in [0.717, 1.165) is 69.0 Å². The zero-order valence-corrected chi connectivity index (χ0v) is 38.5. The van der Waals surface area contributed by atoms with E-state index in [9.17, 15) is 0 Å². The maximum atomic E-state index is 7.19. The highest BCUT2D eigenvalue weighted by molar-refractivity contribution is 6.28. The average molecular weight is 883 g/mol. The van der Waals surface area contributed by atoms with Crippen molar-refractivity contribution < 1.29 is 8.83 Å². The van der Waals surface area contributed by atoms with Gasteiger partial charge in [-0.3, -0.25) is 0 Å². The molecule has 332 valence electrons. The number of hydrogen-bond donors (Lipinski definition) is 0. The molecule has 0 saturated heterocycles. The first kappa shape index (κ1) is 39.8.